The van der Waals surface area contributed by atoms with Crippen LogP contribution in [-0.4, -0.2) is 9.97 Å². The zero-order chi connectivity index (χ0) is 20.5. The second-order valence-corrected chi connectivity index (χ2v) is 7.14. The standard InChI is InChI=1S/C23H21N3O3/c1-13-10-17(15(3)26-19-7-5-9-25-23(19)28)22-18(11-13)20(27)14(2)21(29-22)16-6-4-8-24-12-16/h4-12,15,26H,1-3H3,(H,25,28)/t15-/m1/s1. The van der Waals surface area contributed by atoms with Gasteiger partial charge in [0.05, 0.1) is 11.4 Å². The van der Waals surface area contributed by atoms with Gasteiger partial charge in [0.2, 0.25) is 0 Å². The highest BCUT2D eigenvalue weighted by Crippen LogP contribution is 2.31. The molecular weight excluding hydrogens is 366 g/mol. The van der Waals surface area contributed by atoms with Crippen LogP contribution < -0.4 is 16.3 Å². The van der Waals surface area contributed by atoms with Crippen molar-refractivity contribution in [2.24, 2.45) is 0 Å². The molecule has 0 bridgehead atoms. The maximum Gasteiger partial charge on any atom is 0.271 e. The Morgan fingerprint density at radius 3 is 2.69 bits per heavy atom. The molecule has 0 radical (unpaired) electrons. The van der Waals surface area contributed by atoms with E-state index in [0.29, 0.717) is 28.0 Å². The van der Waals surface area contributed by atoms with E-state index in [1.54, 1.807) is 43.7 Å². The lowest BCUT2D eigenvalue weighted by Crippen LogP contribution is -2.17. The van der Waals surface area contributed by atoms with Gasteiger partial charge in [0.25, 0.3) is 5.56 Å². The molecule has 0 aliphatic heterocycles. The van der Waals surface area contributed by atoms with Gasteiger partial charge in [0.1, 0.15) is 17.0 Å². The number of anilines is 1. The molecule has 1 atom stereocenters. The Bertz CT molecular complexity index is 1310. The Labute approximate surface area is 167 Å². The second-order valence-electron chi connectivity index (χ2n) is 7.14. The van der Waals surface area contributed by atoms with Crippen LogP contribution in [0.4, 0.5) is 5.69 Å². The van der Waals surface area contributed by atoms with Crippen LogP contribution in [0.3, 0.4) is 0 Å². The Morgan fingerprint density at radius 2 is 1.97 bits per heavy atom. The Hall–Kier alpha value is -3.67. The Kier molecular flexibility index (Phi) is 4.76. The third kappa shape index (κ3) is 3.45. The normalized spacial score (nSPS) is 12.1. The molecule has 0 aliphatic rings. The van der Waals surface area contributed by atoms with Gasteiger partial charge in [0.15, 0.2) is 5.43 Å². The summed E-state index contributed by atoms with van der Waals surface area (Å²) in [4.78, 5) is 32.0. The molecule has 3 aromatic heterocycles. The smallest absolute Gasteiger partial charge is 0.271 e. The monoisotopic (exact) mass is 387 g/mol. The average Bonchev–Trinajstić information content (AvgIpc) is 2.72. The first-order chi connectivity index (χ1) is 14.0. The lowest BCUT2D eigenvalue weighted by Gasteiger charge is -2.18. The van der Waals surface area contributed by atoms with Gasteiger partial charge in [-0.25, -0.2) is 0 Å². The Balaban J connectivity index is 1.92. The SMILES string of the molecule is Cc1cc([C@@H](C)Nc2ccc[nH]c2=O)c2oc(-c3cccnc3)c(C)c(=O)c2c1. The molecule has 4 rings (SSSR count). The summed E-state index contributed by atoms with van der Waals surface area (Å²) in [5, 5.41) is 3.75. The van der Waals surface area contributed by atoms with Gasteiger partial charge in [-0.3, -0.25) is 14.6 Å². The molecule has 0 saturated heterocycles. The fraction of sp³-hybridized carbons (Fsp3) is 0.174. The van der Waals surface area contributed by atoms with Crippen LogP contribution in [-0.2, 0) is 0 Å². The number of fused-ring (bicyclic) bond motifs is 1. The molecule has 0 aliphatic carbocycles. The lowest BCUT2D eigenvalue weighted by molar-refractivity contribution is 0.605. The number of aromatic nitrogens is 2. The minimum atomic E-state index is -0.256. The predicted molar refractivity (Wildman–Crippen MR) is 114 cm³/mol. The van der Waals surface area contributed by atoms with Crippen molar-refractivity contribution in [3.8, 4) is 11.3 Å². The van der Waals surface area contributed by atoms with E-state index in [-0.39, 0.29) is 17.0 Å². The van der Waals surface area contributed by atoms with E-state index in [9.17, 15) is 9.59 Å². The van der Waals surface area contributed by atoms with Crippen LogP contribution in [0.1, 0.15) is 29.7 Å². The first-order valence-corrected chi connectivity index (χ1v) is 9.38. The third-order valence-corrected chi connectivity index (χ3v) is 4.97. The van der Waals surface area contributed by atoms with Crippen molar-refractivity contribution in [1.29, 1.82) is 0 Å². The number of aryl methyl sites for hydroxylation is 1. The topological polar surface area (TPSA) is 88.0 Å². The zero-order valence-corrected chi connectivity index (χ0v) is 16.4. The van der Waals surface area contributed by atoms with Gasteiger partial charge in [-0.15, -0.1) is 0 Å². The van der Waals surface area contributed by atoms with Crippen LogP contribution in [0.15, 0.2) is 69.0 Å². The van der Waals surface area contributed by atoms with Crippen molar-refractivity contribution >= 4 is 16.7 Å². The van der Waals surface area contributed by atoms with Crippen molar-refractivity contribution in [2.45, 2.75) is 26.8 Å². The van der Waals surface area contributed by atoms with E-state index in [2.05, 4.69) is 15.3 Å². The van der Waals surface area contributed by atoms with Crippen molar-refractivity contribution in [2.75, 3.05) is 5.32 Å². The van der Waals surface area contributed by atoms with Gasteiger partial charge < -0.3 is 14.7 Å². The fourth-order valence-corrected chi connectivity index (χ4v) is 3.51. The van der Waals surface area contributed by atoms with E-state index >= 15 is 0 Å². The minimum Gasteiger partial charge on any atom is -0.455 e. The second kappa shape index (κ2) is 7.39. The first kappa shape index (κ1) is 18.7. The van der Waals surface area contributed by atoms with Gasteiger partial charge in [0, 0.05) is 35.3 Å². The maximum absolute atomic E-state index is 13.1. The van der Waals surface area contributed by atoms with Crippen LogP contribution in [0.2, 0.25) is 0 Å². The van der Waals surface area contributed by atoms with Gasteiger partial charge in [-0.1, -0.05) is 6.07 Å². The highest BCUT2D eigenvalue weighted by molar-refractivity contribution is 5.84. The number of pyridine rings is 2. The predicted octanol–water partition coefficient (Wildman–Crippen LogP) is 4.33. The molecule has 6 nitrogen and oxygen atoms in total. The summed E-state index contributed by atoms with van der Waals surface area (Å²) < 4.78 is 6.27. The number of nitrogens with one attached hydrogen (secondary N) is 2. The average molecular weight is 387 g/mol. The summed E-state index contributed by atoms with van der Waals surface area (Å²) in [7, 11) is 0. The molecule has 0 spiro atoms. The summed E-state index contributed by atoms with van der Waals surface area (Å²) in [6, 6.07) is 10.7. The van der Waals surface area contributed by atoms with E-state index < -0.39 is 0 Å². The van der Waals surface area contributed by atoms with E-state index in [1.807, 2.05) is 32.0 Å². The number of aromatic amines is 1. The van der Waals surface area contributed by atoms with Crippen molar-refractivity contribution in [1.82, 2.24) is 9.97 Å². The molecule has 1 aromatic carbocycles. The van der Waals surface area contributed by atoms with Gasteiger partial charge in [-0.05, 0) is 56.7 Å². The van der Waals surface area contributed by atoms with E-state index in [4.69, 9.17) is 4.42 Å². The summed E-state index contributed by atoms with van der Waals surface area (Å²) in [5.74, 6) is 0.505. The molecule has 4 aromatic rings. The molecular formula is C23H21N3O3. The Morgan fingerprint density at radius 1 is 1.14 bits per heavy atom. The highest BCUT2D eigenvalue weighted by atomic mass is 16.3. The number of hydrogen-bond donors (Lipinski definition) is 2. The molecule has 29 heavy (non-hydrogen) atoms. The highest BCUT2D eigenvalue weighted by Gasteiger charge is 2.19. The number of H-pyrrole nitrogens is 1. The van der Waals surface area contributed by atoms with E-state index in [1.165, 1.54) is 0 Å². The third-order valence-electron chi connectivity index (χ3n) is 4.97. The molecule has 3 heterocycles. The number of benzene rings is 1. The van der Waals surface area contributed by atoms with Crippen molar-refractivity contribution < 1.29 is 4.42 Å². The summed E-state index contributed by atoms with van der Waals surface area (Å²) in [6.45, 7) is 5.64. The molecule has 6 heteroatoms. The van der Waals surface area contributed by atoms with E-state index in [0.717, 1.165) is 16.7 Å². The minimum absolute atomic E-state index is 0.0696. The molecule has 146 valence electrons. The lowest BCUT2D eigenvalue weighted by atomic mass is 9.99. The maximum atomic E-state index is 13.1. The summed E-state index contributed by atoms with van der Waals surface area (Å²) in [6.07, 6.45) is 4.94. The first-order valence-electron chi connectivity index (χ1n) is 9.38. The van der Waals surface area contributed by atoms with Crippen molar-refractivity contribution in [3.63, 3.8) is 0 Å². The zero-order valence-electron chi connectivity index (χ0n) is 16.4. The molecule has 0 saturated carbocycles. The molecule has 0 fully saturated rings. The summed E-state index contributed by atoms with van der Waals surface area (Å²) in [5.41, 5.74) is 3.74. The molecule has 0 unspecified atom stereocenters. The quantitative estimate of drug-likeness (QED) is 0.544. The molecule has 2 N–H and O–H groups in total. The number of nitrogens with zero attached hydrogens (tertiary/aromatic N) is 1. The number of hydrogen-bond acceptors (Lipinski definition) is 5. The van der Waals surface area contributed by atoms with Crippen LogP contribution in [0, 0.1) is 13.8 Å². The largest absolute Gasteiger partial charge is 0.455 e. The van der Waals surface area contributed by atoms with Gasteiger partial charge >= 0.3 is 0 Å². The fourth-order valence-electron chi connectivity index (χ4n) is 3.51. The van der Waals surface area contributed by atoms with Crippen molar-refractivity contribution in [3.05, 3.63) is 92.3 Å². The van der Waals surface area contributed by atoms with Crippen LogP contribution >= 0.6 is 0 Å². The number of rotatable bonds is 4. The van der Waals surface area contributed by atoms with Crippen LogP contribution in [0.25, 0.3) is 22.3 Å². The van der Waals surface area contributed by atoms with Crippen LogP contribution in [0.5, 0.6) is 0 Å². The van der Waals surface area contributed by atoms with Gasteiger partial charge in [-0.2, -0.15) is 0 Å². The summed E-state index contributed by atoms with van der Waals surface area (Å²) >= 11 is 0. The molecule has 0 amide bonds.